The fourth-order valence-corrected chi connectivity index (χ4v) is 2.29. The average molecular weight is 196 g/mol. The standard InChI is InChI=1S/C12H20O2/c1-3-12(14)9-5-4-6-11(12)8-7-10(2)13/h3,11,14H,1,4-9H2,2H3/t11-,12-/m1/s1. The van der Waals surface area contributed by atoms with Gasteiger partial charge in [0.1, 0.15) is 5.78 Å². The molecule has 0 aromatic heterocycles. The number of Topliss-reactive ketones (excluding diaryl/α,β-unsaturated/α-hetero) is 1. The Morgan fingerprint density at radius 3 is 2.93 bits per heavy atom. The van der Waals surface area contributed by atoms with Gasteiger partial charge in [0.15, 0.2) is 0 Å². The van der Waals surface area contributed by atoms with Gasteiger partial charge < -0.3 is 9.90 Å². The summed E-state index contributed by atoms with van der Waals surface area (Å²) in [5.74, 6) is 0.444. The molecule has 0 aromatic carbocycles. The van der Waals surface area contributed by atoms with E-state index in [2.05, 4.69) is 6.58 Å². The maximum atomic E-state index is 10.9. The Balaban J connectivity index is 2.54. The predicted molar refractivity (Wildman–Crippen MR) is 57.0 cm³/mol. The van der Waals surface area contributed by atoms with Crippen LogP contribution >= 0.6 is 0 Å². The van der Waals surface area contributed by atoms with E-state index in [1.165, 1.54) is 6.42 Å². The van der Waals surface area contributed by atoms with E-state index in [4.69, 9.17) is 0 Å². The third kappa shape index (κ3) is 2.68. The summed E-state index contributed by atoms with van der Waals surface area (Å²) in [6.07, 6.45) is 7.11. The number of rotatable bonds is 4. The van der Waals surface area contributed by atoms with E-state index in [0.717, 1.165) is 25.7 Å². The molecule has 0 radical (unpaired) electrons. The molecule has 2 atom stereocenters. The van der Waals surface area contributed by atoms with Crippen LogP contribution in [0.1, 0.15) is 45.4 Å². The van der Waals surface area contributed by atoms with E-state index < -0.39 is 5.60 Å². The number of carbonyl (C=O) groups is 1. The minimum atomic E-state index is -0.715. The molecule has 0 aromatic rings. The molecule has 14 heavy (non-hydrogen) atoms. The van der Waals surface area contributed by atoms with Crippen LogP contribution in [0.15, 0.2) is 12.7 Å². The van der Waals surface area contributed by atoms with Crippen molar-refractivity contribution in [2.45, 2.75) is 51.0 Å². The molecule has 0 aliphatic heterocycles. The van der Waals surface area contributed by atoms with Crippen molar-refractivity contribution < 1.29 is 9.90 Å². The van der Waals surface area contributed by atoms with Crippen molar-refractivity contribution in [3.63, 3.8) is 0 Å². The van der Waals surface area contributed by atoms with Gasteiger partial charge in [0, 0.05) is 6.42 Å². The van der Waals surface area contributed by atoms with Crippen LogP contribution in [0.5, 0.6) is 0 Å². The largest absolute Gasteiger partial charge is 0.386 e. The maximum absolute atomic E-state index is 10.9. The smallest absolute Gasteiger partial charge is 0.129 e. The van der Waals surface area contributed by atoms with Gasteiger partial charge in [-0.15, -0.1) is 6.58 Å². The molecule has 1 saturated carbocycles. The molecule has 2 nitrogen and oxygen atoms in total. The van der Waals surface area contributed by atoms with Gasteiger partial charge >= 0.3 is 0 Å². The fraction of sp³-hybridized carbons (Fsp3) is 0.750. The van der Waals surface area contributed by atoms with E-state index in [9.17, 15) is 9.90 Å². The second-order valence-electron chi connectivity index (χ2n) is 4.38. The van der Waals surface area contributed by atoms with Crippen LogP contribution in [-0.2, 0) is 4.79 Å². The van der Waals surface area contributed by atoms with Crippen molar-refractivity contribution in [3.05, 3.63) is 12.7 Å². The van der Waals surface area contributed by atoms with Gasteiger partial charge in [0.25, 0.3) is 0 Å². The quantitative estimate of drug-likeness (QED) is 0.701. The molecule has 1 aliphatic rings. The van der Waals surface area contributed by atoms with Crippen molar-refractivity contribution in [1.82, 2.24) is 0 Å². The second kappa shape index (κ2) is 4.74. The lowest BCUT2D eigenvalue weighted by Crippen LogP contribution is -2.38. The molecule has 0 saturated heterocycles. The molecule has 0 spiro atoms. The van der Waals surface area contributed by atoms with Crippen molar-refractivity contribution in [2.75, 3.05) is 0 Å². The summed E-state index contributed by atoms with van der Waals surface area (Å²) >= 11 is 0. The summed E-state index contributed by atoms with van der Waals surface area (Å²) in [4.78, 5) is 10.9. The summed E-state index contributed by atoms with van der Waals surface area (Å²) in [6.45, 7) is 5.31. The normalized spacial score (nSPS) is 32.6. The summed E-state index contributed by atoms with van der Waals surface area (Å²) in [5.41, 5.74) is -0.715. The summed E-state index contributed by atoms with van der Waals surface area (Å²) in [6, 6.07) is 0. The Bertz CT molecular complexity index is 222. The molecule has 80 valence electrons. The van der Waals surface area contributed by atoms with Crippen molar-refractivity contribution in [2.24, 2.45) is 5.92 Å². The van der Waals surface area contributed by atoms with Gasteiger partial charge in [-0.2, -0.15) is 0 Å². The van der Waals surface area contributed by atoms with Crippen LogP contribution in [0.25, 0.3) is 0 Å². The average Bonchev–Trinajstić information content (AvgIpc) is 2.16. The molecular formula is C12H20O2. The molecule has 0 bridgehead atoms. The second-order valence-corrected chi connectivity index (χ2v) is 4.38. The van der Waals surface area contributed by atoms with Crippen LogP contribution in [-0.4, -0.2) is 16.5 Å². The Morgan fingerprint density at radius 2 is 2.36 bits per heavy atom. The highest BCUT2D eigenvalue weighted by molar-refractivity contribution is 5.75. The summed E-state index contributed by atoms with van der Waals surface area (Å²) < 4.78 is 0. The van der Waals surface area contributed by atoms with Gasteiger partial charge in [-0.25, -0.2) is 0 Å². The van der Waals surface area contributed by atoms with E-state index in [1.54, 1.807) is 13.0 Å². The van der Waals surface area contributed by atoms with Crippen LogP contribution in [0.2, 0.25) is 0 Å². The van der Waals surface area contributed by atoms with Crippen LogP contribution in [0.4, 0.5) is 0 Å². The monoisotopic (exact) mass is 196 g/mol. The number of aliphatic hydroxyl groups is 1. The Hall–Kier alpha value is -0.630. The predicted octanol–water partition coefficient (Wildman–Crippen LogP) is 2.46. The first kappa shape index (κ1) is 11.4. The first-order chi connectivity index (χ1) is 6.58. The first-order valence-corrected chi connectivity index (χ1v) is 5.44. The molecule has 2 heteroatoms. The minimum Gasteiger partial charge on any atom is -0.386 e. The highest BCUT2D eigenvalue weighted by Gasteiger charge is 2.35. The molecular weight excluding hydrogens is 176 g/mol. The molecule has 1 aliphatic carbocycles. The molecule has 0 unspecified atom stereocenters. The van der Waals surface area contributed by atoms with E-state index in [-0.39, 0.29) is 11.7 Å². The molecule has 0 amide bonds. The molecule has 1 rings (SSSR count). The van der Waals surface area contributed by atoms with Crippen LogP contribution < -0.4 is 0 Å². The van der Waals surface area contributed by atoms with Crippen LogP contribution in [0.3, 0.4) is 0 Å². The van der Waals surface area contributed by atoms with Gasteiger partial charge in [-0.1, -0.05) is 18.9 Å². The Labute approximate surface area is 86.0 Å². The van der Waals surface area contributed by atoms with Gasteiger partial charge in [0.05, 0.1) is 5.60 Å². The van der Waals surface area contributed by atoms with Crippen molar-refractivity contribution in [1.29, 1.82) is 0 Å². The van der Waals surface area contributed by atoms with Gasteiger partial charge in [0.2, 0.25) is 0 Å². The zero-order valence-electron chi connectivity index (χ0n) is 8.96. The topological polar surface area (TPSA) is 37.3 Å². The van der Waals surface area contributed by atoms with Gasteiger partial charge in [-0.3, -0.25) is 0 Å². The third-order valence-electron chi connectivity index (χ3n) is 3.29. The van der Waals surface area contributed by atoms with Crippen molar-refractivity contribution >= 4 is 5.78 Å². The Kier molecular flexibility index (Phi) is 3.87. The first-order valence-electron chi connectivity index (χ1n) is 5.44. The molecule has 1 N–H and O–H groups in total. The number of carbonyl (C=O) groups excluding carboxylic acids is 1. The van der Waals surface area contributed by atoms with E-state index >= 15 is 0 Å². The summed E-state index contributed by atoms with van der Waals surface area (Å²) in [5, 5.41) is 10.2. The zero-order valence-corrected chi connectivity index (χ0v) is 8.96. The highest BCUT2D eigenvalue weighted by atomic mass is 16.3. The zero-order chi connectivity index (χ0) is 10.6. The third-order valence-corrected chi connectivity index (χ3v) is 3.29. The van der Waals surface area contributed by atoms with E-state index in [0.29, 0.717) is 6.42 Å². The van der Waals surface area contributed by atoms with E-state index in [1.807, 2.05) is 0 Å². The lowest BCUT2D eigenvalue weighted by Gasteiger charge is -2.37. The SMILES string of the molecule is C=C[C@@]1(O)CCCC[C@@H]1CCC(C)=O. The fourth-order valence-electron chi connectivity index (χ4n) is 2.29. The number of ketones is 1. The van der Waals surface area contributed by atoms with Crippen molar-refractivity contribution in [3.8, 4) is 0 Å². The highest BCUT2D eigenvalue weighted by Crippen LogP contribution is 2.37. The van der Waals surface area contributed by atoms with Gasteiger partial charge in [-0.05, 0) is 32.1 Å². The lowest BCUT2D eigenvalue weighted by molar-refractivity contribution is -0.117. The lowest BCUT2D eigenvalue weighted by atomic mass is 9.73. The minimum absolute atomic E-state index is 0.210. The Morgan fingerprint density at radius 1 is 1.64 bits per heavy atom. The number of hydrogen-bond acceptors (Lipinski definition) is 2. The maximum Gasteiger partial charge on any atom is 0.129 e. The number of hydrogen-bond donors (Lipinski definition) is 1. The molecule has 0 heterocycles. The van der Waals surface area contributed by atoms with Crippen LogP contribution in [0, 0.1) is 5.92 Å². The summed E-state index contributed by atoms with van der Waals surface area (Å²) in [7, 11) is 0. The molecule has 1 fully saturated rings.